The highest BCUT2D eigenvalue weighted by Gasteiger charge is 2.30. The molecule has 0 aliphatic heterocycles. The molecule has 0 aromatic carbocycles. The lowest BCUT2D eigenvalue weighted by molar-refractivity contribution is -0.117. The quantitative estimate of drug-likeness (QED) is 0.743. The summed E-state index contributed by atoms with van der Waals surface area (Å²) in [4.78, 5) is 13.8. The second-order valence-corrected chi connectivity index (χ2v) is 5.59. The molecule has 20 heavy (non-hydrogen) atoms. The zero-order valence-electron chi connectivity index (χ0n) is 12.2. The molecule has 1 fully saturated rings. The maximum Gasteiger partial charge on any atom is 0.239 e. The van der Waals surface area contributed by atoms with Gasteiger partial charge in [-0.1, -0.05) is 6.92 Å². The molecule has 1 amide bonds. The van der Waals surface area contributed by atoms with Crippen molar-refractivity contribution in [1.82, 2.24) is 14.7 Å². The van der Waals surface area contributed by atoms with Crippen LogP contribution in [0.15, 0.2) is 12.3 Å². The molecular weight excluding hydrogens is 256 g/mol. The topological polar surface area (TPSA) is 70.4 Å². The van der Waals surface area contributed by atoms with E-state index in [1.54, 1.807) is 16.9 Å². The Morgan fingerprint density at radius 1 is 1.65 bits per heavy atom. The Morgan fingerprint density at radius 2 is 2.40 bits per heavy atom. The van der Waals surface area contributed by atoms with Gasteiger partial charge in [0.25, 0.3) is 0 Å². The number of amides is 1. The van der Waals surface area contributed by atoms with Crippen molar-refractivity contribution >= 4 is 11.7 Å². The van der Waals surface area contributed by atoms with Crippen molar-refractivity contribution < 1.29 is 9.90 Å². The van der Waals surface area contributed by atoms with Crippen LogP contribution in [0.3, 0.4) is 0 Å². The van der Waals surface area contributed by atoms with Crippen LogP contribution in [0.1, 0.15) is 26.2 Å². The summed E-state index contributed by atoms with van der Waals surface area (Å²) in [5, 5.41) is 16.9. The van der Waals surface area contributed by atoms with Crippen molar-refractivity contribution in [2.45, 2.75) is 38.8 Å². The lowest BCUT2D eigenvalue weighted by Crippen LogP contribution is -2.36. The summed E-state index contributed by atoms with van der Waals surface area (Å²) in [6.07, 6.45) is 4.57. The first-order valence-electron chi connectivity index (χ1n) is 7.28. The van der Waals surface area contributed by atoms with E-state index in [0.29, 0.717) is 12.5 Å². The number of nitrogens with zero attached hydrogens (tertiary/aromatic N) is 3. The molecule has 1 aromatic rings. The Morgan fingerprint density at radius 3 is 3.05 bits per heavy atom. The first-order chi connectivity index (χ1) is 9.60. The molecule has 6 heteroatoms. The van der Waals surface area contributed by atoms with E-state index in [9.17, 15) is 9.90 Å². The van der Waals surface area contributed by atoms with Crippen molar-refractivity contribution in [2.24, 2.45) is 5.92 Å². The van der Waals surface area contributed by atoms with Crippen LogP contribution < -0.4 is 5.32 Å². The average Bonchev–Trinajstić information content (AvgIpc) is 3.14. The lowest BCUT2D eigenvalue weighted by Gasteiger charge is -2.19. The zero-order valence-corrected chi connectivity index (χ0v) is 12.2. The first-order valence-corrected chi connectivity index (χ1v) is 7.28. The smallest absolute Gasteiger partial charge is 0.239 e. The van der Waals surface area contributed by atoms with Crippen LogP contribution in [-0.2, 0) is 11.3 Å². The number of carbonyl (C=O) groups excluding carboxylic acids is 1. The van der Waals surface area contributed by atoms with Gasteiger partial charge in [0.05, 0.1) is 18.8 Å². The second-order valence-electron chi connectivity index (χ2n) is 5.59. The number of nitrogens with one attached hydrogen (secondary N) is 1. The molecule has 6 nitrogen and oxygen atoms in total. The minimum absolute atomic E-state index is 0.0756. The molecule has 1 unspecified atom stereocenters. The number of aryl methyl sites for hydroxylation is 1. The minimum Gasteiger partial charge on any atom is -0.392 e. The molecule has 0 radical (unpaired) electrons. The summed E-state index contributed by atoms with van der Waals surface area (Å²) in [5.74, 6) is 1.09. The monoisotopic (exact) mass is 280 g/mol. The molecule has 2 N–H and O–H groups in total. The fraction of sp³-hybridized carbons (Fsp3) is 0.714. The van der Waals surface area contributed by atoms with Gasteiger partial charge in [0, 0.05) is 19.2 Å². The van der Waals surface area contributed by atoms with Crippen LogP contribution in [0.5, 0.6) is 0 Å². The number of aromatic nitrogens is 2. The van der Waals surface area contributed by atoms with E-state index in [0.717, 1.165) is 31.6 Å². The summed E-state index contributed by atoms with van der Waals surface area (Å²) in [7, 11) is 1.86. The Bertz CT molecular complexity index is 442. The van der Waals surface area contributed by atoms with Gasteiger partial charge >= 0.3 is 0 Å². The summed E-state index contributed by atoms with van der Waals surface area (Å²) < 4.78 is 1.79. The van der Waals surface area contributed by atoms with Gasteiger partial charge in [-0.3, -0.25) is 9.69 Å². The molecule has 1 atom stereocenters. The Kier molecular flexibility index (Phi) is 5.14. The molecule has 1 aliphatic carbocycles. The highest BCUT2D eigenvalue weighted by atomic mass is 16.3. The predicted molar refractivity (Wildman–Crippen MR) is 77.4 cm³/mol. The summed E-state index contributed by atoms with van der Waals surface area (Å²) >= 11 is 0. The number of aliphatic hydroxyl groups excluding tert-OH is 1. The highest BCUT2D eigenvalue weighted by molar-refractivity contribution is 5.91. The third-order valence-corrected chi connectivity index (χ3v) is 3.50. The molecule has 112 valence electrons. The van der Waals surface area contributed by atoms with E-state index < -0.39 is 0 Å². The molecule has 0 saturated heterocycles. The molecular formula is C14H24N4O2. The van der Waals surface area contributed by atoms with Crippen LogP contribution in [0, 0.1) is 5.92 Å². The maximum atomic E-state index is 12.0. The SMILES string of the molecule is CCCn1nccc1NC(=O)CN(C)CC(O)C1CC1. The number of likely N-dealkylation sites (N-methyl/N-ethyl adjacent to an activating group) is 1. The molecule has 0 spiro atoms. The summed E-state index contributed by atoms with van der Waals surface area (Å²) in [6, 6.07) is 1.80. The number of aliphatic hydroxyl groups is 1. The van der Waals surface area contributed by atoms with Crippen LogP contribution in [0.25, 0.3) is 0 Å². The summed E-state index contributed by atoms with van der Waals surface area (Å²) in [5.41, 5.74) is 0. The van der Waals surface area contributed by atoms with E-state index in [1.165, 1.54) is 0 Å². The Balaban J connectivity index is 1.77. The number of carbonyl (C=O) groups is 1. The fourth-order valence-electron chi connectivity index (χ4n) is 2.27. The van der Waals surface area contributed by atoms with Crippen molar-refractivity contribution in [3.8, 4) is 0 Å². The largest absolute Gasteiger partial charge is 0.392 e. The van der Waals surface area contributed by atoms with Crippen molar-refractivity contribution in [1.29, 1.82) is 0 Å². The van der Waals surface area contributed by atoms with Gasteiger partial charge in [0.1, 0.15) is 5.82 Å². The van der Waals surface area contributed by atoms with Crippen molar-refractivity contribution in [3.05, 3.63) is 12.3 Å². The van der Waals surface area contributed by atoms with Gasteiger partial charge in [-0.25, -0.2) is 4.68 Å². The second kappa shape index (κ2) is 6.85. The molecule has 1 heterocycles. The third-order valence-electron chi connectivity index (χ3n) is 3.50. The lowest BCUT2D eigenvalue weighted by atomic mass is 10.2. The van der Waals surface area contributed by atoms with Gasteiger partial charge in [0.15, 0.2) is 0 Å². The Labute approximate surface area is 119 Å². The number of hydrogen-bond acceptors (Lipinski definition) is 4. The van der Waals surface area contributed by atoms with Crippen LogP contribution >= 0.6 is 0 Å². The van der Waals surface area contributed by atoms with Crippen LogP contribution in [-0.4, -0.2) is 51.9 Å². The van der Waals surface area contributed by atoms with E-state index in [2.05, 4.69) is 17.3 Å². The van der Waals surface area contributed by atoms with Crippen LogP contribution in [0.2, 0.25) is 0 Å². The van der Waals surface area contributed by atoms with E-state index in [-0.39, 0.29) is 18.6 Å². The van der Waals surface area contributed by atoms with Crippen molar-refractivity contribution in [3.63, 3.8) is 0 Å². The Hall–Kier alpha value is -1.40. The van der Waals surface area contributed by atoms with Gasteiger partial charge < -0.3 is 10.4 Å². The fourth-order valence-corrected chi connectivity index (χ4v) is 2.27. The van der Waals surface area contributed by atoms with Gasteiger partial charge in [-0.15, -0.1) is 0 Å². The predicted octanol–water partition coefficient (Wildman–Crippen LogP) is 0.934. The van der Waals surface area contributed by atoms with Gasteiger partial charge in [-0.05, 0) is 32.2 Å². The minimum atomic E-state index is -0.307. The van der Waals surface area contributed by atoms with Gasteiger partial charge in [-0.2, -0.15) is 5.10 Å². The highest BCUT2D eigenvalue weighted by Crippen LogP contribution is 2.32. The van der Waals surface area contributed by atoms with Gasteiger partial charge in [0.2, 0.25) is 5.91 Å². The zero-order chi connectivity index (χ0) is 14.5. The van der Waals surface area contributed by atoms with E-state index in [1.807, 2.05) is 11.9 Å². The molecule has 0 bridgehead atoms. The van der Waals surface area contributed by atoms with E-state index in [4.69, 9.17) is 0 Å². The normalized spacial score (nSPS) is 16.4. The standard InChI is InChI=1S/C14H24N4O2/c1-3-8-18-13(6-7-15-18)16-14(20)10-17(2)9-12(19)11-4-5-11/h6-7,11-12,19H,3-5,8-10H2,1-2H3,(H,16,20). The number of hydrogen-bond donors (Lipinski definition) is 2. The molecule has 1 saturated carbocycles. The maximum absolute atomic E-state index is 12.0. The third kappa shape index (κ3) is 4.31. The molecule has 2 rings (SSSR count). The van der Waals surface area contributed by atoms with Crippen LogP contribution in [0.4, 0.5) is 5.82 Å². The summed E-state index contributed by atoms with van der Waals surface area (Å²) in [6.45, 7) is 3.69. The molecule has 1 aliphatic rings. The number of rotatable bonds is 8. The first kappa shape index (κ1) is 15.0. The van der Waals surface area contributed by atoms with E-state index >= 15 is 0 Å². The van der Waals surface area contributed by atoms with Crippen molar-refractivity contribution in [2.75, 3.05) is 25.5 Å². The molecule has 1 aromatic heterocycles. The number of anilines is 1. The average molecular weight is 280 g/mol.